The fraction of sp³-hybridized carbons (Fsp3) is 0.184. The van der Waals surface area contributed by atoms with Crippen molar-refractivity contribution in [3.63, 3.8) is 0 Å². The molecule has 0 amide bonds. The second-order valence-corrected chi connectivity index (χ2v) is 16.3. The zero-order valence-corrected chi connectivity index (χ0v) is 32.1. The van der Waals surface area contributed by atoms with Crippen LogP contribution in [0.5, 0.6) is 5.75 Å². The highest BCUT2D eigenvalue weighted by molar-refractivity contribution is 5.92. The van der Waals surface area contributed by atoms with Gasteiger partial charge in [-0.1, -0.05) is 102 Å². The second-order valence-electron chi connectivity index (χ2n) is 16.3. The van der Waals surface area contributed by atoms with Crippen LogP contribution in [0.2, 0.25) is 0 Å². The van der Waals surface area contributed by atoms with Crippen molar-refractivity contribution in [2.24, 2.45) is 0 Å². The molecule has 1 N–H and O–H groups in total. The SMILES string of the molecule is Cc1c(-c2cc(C(C)(C)C)cc(C(C)(C)C)c2O)nc2c(-c3cc(-c4ccccn4)cc(N(c4ccccc4)c4ccc5ccccc5c4)c3)cccn12. The van der Waals surface area contributed by atoms with Crippen LogP contribution in [0.15, 0.2) is 146 Å². The Hall–Kier alpha value is -6.20. The average molecular weight is 707 g/mol. The minimum atomic E-state index is -0.254. The van der Waals surface area contributed by atoms with Crippen molar-refractivity contribution in [1.82, 2.24) is 14.4 Å². The summed E-state index contributed by atoms with van der Waals surface area (Å²) in [6, 6.07) is 46.9. The molecule has 0 saturated carbocycles. The van der Waals surface area contributed by atoms with E-state index < -0.39 is 0 Å². The molecule has 3 aromatic heterocycles. The Balaban J connectivity index is 1.37. The minimum Gasteiger partial charge on any atom is -0.507 e. The summed E-state index contributed by atoms with van der Waals surface area (Å²) >= 11 is 0. The first-order valence-electron chi connectivity index (χ1n) is 18.6. The van der Waals surface area contributed by atoms with Gasteiger partial charge < -0.3 is 14.4 Å². The molecule has 3 heterocycles. The van der Waals surface area contributed by atoms with Gasteiger partial charge in [0, 0.05) is 57.4 Å². The number of aryl methyl sites for hydroxylation is 1. The van der Waals surface area contributed by atoms with E-state index in [1.54, 1.807) is 0 Å². The molecule has 0 spiro atoms. The number of rotatable bonds is 6. The van der Waals surface area contributed by atoms with Crippen LogP contribution in [-0.4, -0.2) is 19.5 Å². The first-order valence-corrected chi connectivity index (χ1v) is 18.6. The van der Waals surface area contributed by atoms with Gasteiger partial charge in [0.25, 0.3) is 0 Å². The first-order chi connectivity index (χ1) is 25.9. The number of benzene rings is 5. The van der Waals surface area contributed by atoms with E-state index in [1.807, 2.05) is 18.3 Å². The highest BCUT2D eigenvalue weighted by Crippen LogP contribution is 2.45. The van der Waals surface area contributed by atoms with Crippen LogP contribution < -0.4 is 4.90 Å². The molecule has 8 aromatic rings. The van der Waals surface area contributed by atoms with Gasteiger partial charge in [0.15, 0.2) is 0 Å². The van der Waals surface area contributed by atoms with Gasteiger partial charge in [0.2, 0.25) is 0 Å². The molecular formula is C49H46N4O. The summed E-state index contributed by atoms with van der Waals surface area (Å²) in [5.74, 6) is 0.289. The van der Waals surface area contributed by atoms with Crippen molar-refractivity contribution in [3.8, 4) is 39.4 Å². The van der Waals surface area contributed by atoms with E-state index in [9.17, 15) is 5.11 Å². The van der Waals surface area contributed by atoms with Crippen LogP contribution >= 0.6 is 0 Å². The summed E-state index contributed by atoms with van der Waals surface area (Å²) in [6.45, 7) is 15.2. The molecule has 0 saturated heterocycles. The molecule has 0 fully saturated rings. The molecule has 0 unspecified atom stereocenters. The third-order valence-corrected chi connectivity index (χ3v) is 10.4. The topological polar surface area (TPSA) is 53.7 Å². The Bertz CT molecular complexity index is 2640. The van der Waals surface area contributed by atoms with Gasteiger partial charge in [-0.05, 0) is 112 Å². The van der Waals surface area contributed by atoms with Crippen molar-refractivity contribution in [1.29, 1.82) is 0 Å². The summed E-state index contributed by atoms with van der Waals surface area (Å²) in [4.78, 5) is 12.5. The average Bonchev–Trinajstić information content (AvgIpc) is 3.50. The second kappa shape index (κ2) is 13.3. The zero-order valence-electron chi connectivity index (χ0n) is 32.1. The van der Waals surface area contributed by atoms with Crippen LogP contribution in [0, 0.1) is 6.92 Å². The van der Waals surface area contributed by atoms with E-state index >= 15 is 0 Å². The Morgan fingerprint density at radius 2 is 1.31 bits per heavy atom. The third kappa shape index (κ3) is 6.40. The number of aromatic nitrogens is 3. The van der Waals surface area contributed by atoms with Crippen LogP contribution in [0.1, 0.15) is 58.4 Å². The lowest BCUT2D eigenvalue weighted by molar-refractivity contribution is 0.446. The fourth-order valence-electron chi connectivity index (χ4n) is 7.40. The van der Waals surface area contributed by atoms with Gasteiger partial charge in [0.05, 0.1) is 11.4 Å². The van der Waals surface area contributed by atoms with Crippen LogP contribution in [0.25, 0.3) is 50.1 Å². The highest BCUT2D eigenvalue weighted by Gasteiger charge is 2.28. The van der Waals surface area contributed by atoms with E-state index in [2.05, 4.69) is 185 Å². The number of pyridine rings is 2. The van der Waals surface area contributed by atoms with E-state index in [-0.39, 0.29) is 16.6 Å². The molecule has 268 valence electrons. The van der Waals surface area contributed by atoms with E-state index in [4.69, 9.17) is 9.97 Å². The zero-order chi connectivity index (χ0) is 37.8. The van der Waals surface area contributed by atoms with Gasteiger partial charge >= 0.3 is 0 Å². The highest BCUT2D eigenvalue weighted by atomic mass is 16.3. The van der Waals surface area contributed by atoms with Gasteiger partial charge in [-0.2, -0.15) is 0 Å². The molecule has 8 rings (SSSR count). The van der Waals surface area contributed by atoms with Crippen LogP contribution in [0.4, 0.5) is 17.1 Å². The van der Waals surface area contributed by atoms with Crippen LogP contribution in [-0.2, 0) is 10.8 Å². The van der Waals surface area contributed by atoms with E-state index in [0.717, 1.165) is 67.6 Å². The summed E-state index contributed by atoms with van der Waals surface area (Å²) in [7, 11) is 0. The molecule has 0 aliphatic carbocycles. The first kappa shape index (κ1) is 34.9. The normalized spacial score (nSPS) is 12.1. The van der Waals surface area contributed by atoms with Gasteiger partial charge in [-0.3, -0.25) is 4.98 Å². The number of aromatic hydroxyl groups is 1. The van der Waals surface area contributed by atoms with Crippen molar-refractivity contribution in [2.75, 3.05) is 4.90 Å². The maximum Gasteiger partial charge on any atom is 0.145 e. The summed E-state index contributed by atoms with van der Waals surface area (Å²) < 4.78 is 2.15. The van der Waals surface area contributed by atoms with Crippen LogP contribution in [0.3, 0.4) is 0 Å². The van der Waals surface area contributed by atoms with Crippen molar-refractivity contribution < 1.29 is 5.11 Å². The lowest BCUT2D eigenvalue weighted by Crippen LogP contribution is -2.17. The molecule has 0 atom stereocenters. The molecule has 0 aliphatic heterocycles. The monoisotopic (exact) mass is 706 g/mol. The van der Waals surface area contributed by atoms with Crippen molar-refractivity contribution in [2.45, 2.75) is 59.3 Å². The molecule has 54 heavy (non-hydrogen) atoms. The molecule has 0 radical (unpaired) electrons. The molecule has 0 aliphatic rings. The number of hydrogen-bond acceptors (Lipinski definition) is 4. The van der Waals surface area contributed by atoms with Crippen molar-refractivity contribution >= 4 is 33.5 Å². The quantitative estimate of drug-likeness (QED) is 0.187. The number of anilines is 3. The Kier molecular flexibility index (Phi) is 8.61. The number of nitrogens with zero attached hydrogens (tertiary/aromatic N) is 4. The lowest BCUT2D eigenvalue weighted by Gasteiger charge is -2.27. The Labute approximate surface area is 318 Å². The summed E-state index contributed by atoms with van der Waals surface area (Å²) in [5, 5.41) is 14.3. The number of fused-ring (bicyclic) bond motifs is 2. The Morgan fingerprint density at radius 1 is 0.593 bits per heavy atom. The predicted octanol–water partition coefficient (Wildman–Crippen LogP) is 13.0. The number of hydrogen-bond donors (Lipinski definition) is 1. The largest absolute Gasteiger partial charge is 0.507 e. The maximum atomic E-state index is 11.9. The molecule has 0 bridgehead atoms. The predicted molar refractivity (Wildman–Crippen MR) is 225 cm³/mol. The third-order valence-electron chi connectivity index (χ3n) is 10.4. The smallest absolute Gasteiger partial charge is 0.145 e. The minimum absolute atomic E-state index is 0.112. The number of phenols is 1. The lowest BCUT2D eigenvalue weighted by atomic mass is 9.78. The summed E-state index contributed by atoms with van der Waals surface area (Å²) in [5.41, 5.74) is 12.1. The summed E-state index contributed by atoms with van der Waals surface area (Å²) in [6.07, 6.45) is 3.91. The van der Waals surface area contributed by atoms with Gasteiger partial charge in [-0.25, -0.2) is 4.98 Å². The molecule has 5 aromatic carbocycles. The number of imidazole rings is 1. The maximum absolute atomic E-state index is 11.9. The fourth-order valence-corrected chi connectivity index (χ4v) is 7.40. The molecule has 5 heteroatoms. The van der Waals surface area contributed by atoms with Gasteiger partial charge in [0.1, 0.15) is 11.4 Å². The van der Waals surface area contributed by atoms with Crippen molar-refractivity contribution in [3.05, 3.63) is 163 Å². The Morgan fingerprint density at radius 3 is 2.04 bits per heavy atom. The van der Waals surface area contributed by atoms with E-state index in [0.29, 0.717) is 0 Å². The van der Waals surface area contributed by atoms with Gasteiger partial charge in [-0.15, -0.1) is 0 Å². The number of phenolic OH excluding ortho intramolecular Hbond substituents is 1. The van der Waals surface area contributed by atoms with E-state index in [1.165, 1.54) is 16.3 Å². The molecule has 5 nitrogen and oxygen atoms in total. The molecular weight excluding hydrogens is 661 g/mol. The standard InChI is InChI=1S/C49H46N4O/c1-32-45(42-30-37(48(2,3)4)31-43(46(42)54)49(5,6)7)51-47-41(20-15-25-52(32)47)35-26-36(44-21-13-14-24-50-44)29-40(28-35)53(38-18-9-8-10-19-38)39-23-22-33-16-11-12-17-34(33)27-39/h8-31,54H,1-7H3. The number of para-hydroxylation sites is 1.